The Balaban J connectivity index is 1.72. The van der Waals surface area contributed by atoms with Crippen molar-refractivity contribution < 1.29 is 14.4 Å². The number of aromatic nitrogens is 3. The second-order valence-electron chi connectivity index (χ2n) is 7.69. The monoisotopic (exact) mass is 480 g/mol. The number of para-hydroxylation sites is 1. The van der Waals surface area contributed by atoms with Gasteiger partial charge in [-0.05, 0) is 37.3 Å². The first kappa shape index (κ1) is 24.6. The number of thioether (sulfide) groups is 1. The Hall–Kier alpha value is -3.99. The van der Waals surface area contributed by atoms with Crippen LogP contribution in [0.15, 0.2) is 58.5 Å². The van der Waals surface area contributed by atoms with E-state index in [1.54, 1.807) is 57.2 Å². The van der Waals surface area contributed by atoms with Gasteiger partial charge in [-0.15, -0.1) is 10.2 Å². The van der Waals surface area contributed by atoms with Gasteiger partial charge in [0.05, 0.1) is 10.9 Å². The molecule has 176 valence electrons. The SMILES string of the molecule is CC(C)C(=O)Nc1ccccc1-c1nnc(S[C@@H](C)C(=O)Nc2ccc(C(N)=O)cc2)[nH]c1=O. The number of carbonyl (C=O) groups is 3. The van der Waals surface area contributed by atoms with Gasteiger partial charge in [0.15, 0.2) is 10.9 Å². The van der Waals surface area contributed by atoms with Gasteiger partial charge in [0.25, 0.3) is 5.56 Å². The molecule has 2 aromatic carbocycles. The Morgan fingerprint density at radius 3 is 2.24 bits per heavy atom. The first-order valence-corrected chi connectivity index (χ1v) is 11.3. The molecule has 0 aliphatic heterocycles. The van der Waals surface area contributed by atoms with Gasteiger partial charge in [0, 0.05) is 22.7 Å². The molecule has 0 aliphatic carbocycles. The maximum absolute atomic E-state index is 12.7. The van der Waals surface area contributed by atoms with Gasteiger partial charge in [-0.1, -0.05) is 43.8 Å². The van der Waals surface area contributed by atoms with E-state index in [-0.39, 0.29) is 28.6 Å². The lowest BCUT2D eigenvalue weighted by molar-refractivity contribution is -0.119. The summed E-state index contributed by atoms with van der Waals surface area (Å²) >= 11 is 1.03. The molecule has 34 heavy (non-hydrogen) atoms. The maximum atomic E-state index is 12.7. The van der Waals surface area contributed by atoms with Crippen molar-refractivity contribution in [2.24, 2.45) is 11.7 Å². The van der Waals surface area contributed by atoms with Crippen LogP contribution in [0.25, 0.3) is 11.3 Å². The standard InChI is InChI=1S/C23H24N6O4S/c1-12(2)20(31)26-17-7-5-4-6-16(17)18-22(33)27-23(29-28-18)34-13(3)21(32)25-15-10-8-14(9-11-15)19(24)30/h4-13H,1-3H3,(H2,24,30)(H,25,32)(H,26,31)(H,27,29,33)/t13-/m0/s1. The Kier molecular flexibility index (Phi) is 7.79. The molecule has 0 unspecified atom stereocenters. The van der Waals surface area contributed by atoms with Crippen LogP contribution in [0.2, 0.25) is 0 Å². The fourth-order valence-corrected chi connectivity index (χ4v) is 3.55. The summed E-state index contributed by atoms with van der Waals surface area (Å²) in [5.41, 5.74) is 6.48. The van der Waals surface area contributed by atoms with Crippen LogP contribution >= 0.6 is 11.8 Å². The largest absolute Gasteiger partial charge is 0.366 e. The number of hydrogen-bond acceptors (Lipinski definition) is 7. The average Bonchev–Trinajstić information content (AvgIpc) is 2.80. The van der Waals surface area contributed by atoms with Crippen LogP contribution in [0.3, 0.4) is 0 Å². The fourth-order valence-electron chi connectivity index (χ4n) is 2.81. The van der Waals surface area contributed by atoms with Gasteiger partial charge >= 0.3 is 0 Å². The van der Waals surface area contributed by atoms with E-state index in [0.717, 1.165) is 11.8 Å². The Morgan fingerprint density at radius 1 is 0.941 bits per heavy atom. The van der Waals surface area contributed by atoms with Crippen LogP contribution < -0.4 is 21.9 Å². The van der Waals surface area contributed by atoms with Crippen molar-refractivity contribution in [2.75, 3.05) is 10.6 Å². The number of nitrogens with two attached hydrogens (primary N) is 1. The molecule has 0 bridgehead atoms. The molecule has 11 heteroatoms. The van der Waals surface area contributed by atoms with Crippen LogP contribution in [0.5, 0.6) is 0 Å². The highest BCUT2D eigenvalue weighted by Crippen LogP contribution is 2.25. The van der Waals surface area contributed by atoms with E-state index in [1.807, 2.05) is 0 Å². The fraction of sp³-hybridized carbons (Fsp3) is 0.217. The molecule has 0 aliphatic rings. The number of nitrogens with one attached hydrogen (secondary N) is 3. The molecule has 3 amide bonds. The minimum atomic E-state index is -0.607. The second kappa shape index (κ2) is 10.8. The van der Waals surface area contributed by atoms with Crippen molar-refractivity contribution in [3.63, 3.8) is 0 Å². The van der Waals surface area contributed by atoms with Crippen LogP contribution in [-0.2, 0) is 9.59 Å². The smallest absolute Gasteiger partial charge is 0.278 e. The van der Waals surface area contributed by atoms with E-state index in [9.17, 15) is 19.2 Å². The highest BCUT2D eigenvalue weighted by Gasteiger charge is 2.19. The number of primary amides is 1. The lowest BCUT2D eigenvalue weighted by Crippen LogP contribution is -2.24. The topological polar surface area (TPSA) is 160 Å². The molecular weight excluding hydrogens is 456 g/mol. The molecule has 1 atom stereocenters. The number of nitrogens with zero attached hydrogens (tertiary/aromatic N) is 2. The highest BCUT2D eigenvalue weighted by atomic mass is 32.2. The molecule has 0 saturated carbocycles. The number of aromatic amines is 1. The van der Waals surface area contributed by atoms with Gasteiger partial charge in [-0.2, -0.15) is 0 Å². The number of carbonyl (C=O) groups excluding carboxylic acids is 3. The van der Waals surface area contributed by atoms with E-state index in [2.05, 4.69) is 25.8 Å². The third kappa shape index (κ3) is 6.07. The number of rotatable bonds is 8. The van der Waals surface area contributed by atoms with Crippen molar-refractivity contribution in [1.82, 2.24) is 15.2 Å². The summed E-state index contributed by atoms with van der Waals surface area (Å²) in [6, 6.07) is 13.0. The molecule has 0 fully saturated rings. The molecule has 1 heterocycles. The molecule has 0 saturated heterocycles. The van der Waals surface area contributed by atoms with E-state index in [1.165, 1.54) is 12.1 Å². The summed E-state index contributed by atoms with van der Waals surface area (Å²) < 4.78 is 0. The number of H-pyrrole nitrogens is 1. The van der Waals surface area contributed by atoms with Gasteiger partial charge in [0.2, 0.25) is 17.7 Å². The van der Waals surface area contributed by atoms with E-state index in [4.69, 9.17) is 5.73 Å². The third-order valence-electron chi connectivity index (χ3n) is 4.74. The molecule has 3 rings (SSSR count). The summed E-state index contributed by atoms with van der Waals surface area (Å²) in [7, 11) is 0. The minimum Gasteiger partial charge on any atom is -0.366 e. The van der Waals surface area contributed by atoms with Gasteiger partial charge < -0.3 is 16.4 Å². The Labute approximate surface area is 199 Å². The molecule has 5 N–H and O–H groups in total. The zero-order valence-electron chi connectivity index (χ0n) is 18.8. The number of amides is 3. The van der Waals surface area contributed by atoms with Gasteiger partial charge in [-0.3, -0.25) is 24.2 Å². The van der Waals surface area contributed by atoms with Crippen molar-refractivity contribution in [1.29, 1.82) is 0 Å². The van der Waals surface area contributed by atoms with Gasteiger partial charge in [-0.25, -0.2) is 0 Å². The molecule has 0 spiro atoms. The Morgan fingerprint density at radius 2 is 1.62 bits per heavy atom. The maximum Gasteiger partial charge on any atom is 0.278 e. The third-order valence-corrected chi connectivity index (χ3v) is 5.71. The quantitative estimate of drug-likeness (QED) is 0.361. The molecular formula is C23H24N6O4S. The zero-order chi connectivity index (χ0) is 24.8. The first-order valence-electron chi connectivity index (χ1n) is 10.4. The van der Waals surface area contributed by atoms with E-state index >= 15 is 0 Å². The van der Waals surface area contributed by atoms with Crippen LogP contribution in [0, 0.1) is 5.92 Å². The van der Waals surface area contributed by atoms with Crippen LogP contribution in [-0.4, -0.2) is 38.2 Å². The predicted octanol–water partition coefficient (Wildman–Crippen LogP) is 2.64. The van der Waals surface area contributed by atoms with Crippen molar-refractivity contribution in [2.45, 2.75) is 31.2 Å². The molecule has 1 aromatic heterocycles. The van der Waals surface area contributed by atoms with E-state index < -0.39 is 16.7 Å². The normalized spacial score (nSPS) is 11.6. The highest BCUT2D eigenvalue weighted by molar-refractivity contribution is 8.00. The number of hydrogen-bond donors (Lipinski definition) is 4. The van der Waals surface area contributed by atoms with Crippen molar-refractivity contribution >= 4 is 40.9 Å². The van der Waals surface area contributed by atoms with Crippen LogP contribution in [0.4, 0.5) is 11.4 Å². The second-order valence-corrected chi connectivity index (χ2v) is 9.02. The van der Waals surface area contributed by atoms with E-state index in [0.29, 0.717) is 22.5 Å². The molecule has 10 nitrogen and oxygen atoms in total. The summed E-state index contributed by atoms with van der Waals surface area (Å²) in [4.78, 5) is 51.1. The lowest BCUT2D eigenvalue weighted by Gasteiger charge is -2.13. The number of anilines is 2. The Bertz CT molecular complexity index is 1270. The van der Waals surface area contributed by atoms with Crippen LogP contribution in [0.1, 0.15) is 31.1 Å². The average molecular weight is 481 g/mol. The molecule has 0 radical (unpaired) electrons. The predicted molar refractivity (Wildman–Crippen MR) is 130 cm³/mol. The van der Waals surface area contributed by atoms with Crippen molar-refractivity contribution in [3.8, 4) is 11.3 Å². The number of benzene rings is 2. The zero-order valence-corrected chi connectivity index (χ0v) is 19.6. The summed E-state index contributed by atoms with van der Waals surface area (Å²) in [6.45, 7) is 5.19. The van der Waals surface area contributed by atoms with Gasteiger partial charge in [0.1, 0.15) is 0 Å². The summed E-state index contributed by atoms with van der Waals surface area (Å²) in [5.74, 6) is -1.30. The molecule has 3 aromatic rings. The summed E-state index contributed by atoms with van der Waals surface area (Å²) in [6.07, 6.45) is 0. The minimum absolute atomic E-state index is 0.0515. The summed E-state index contributed by atoms with van der Waals surface area (Å²) in [5, 5.41) is 13.2. The van der Waals surface area contributed by atoms with Crippen molar-refractivity contribution in [3.05, 3.63) is 64.4 Å². The first-order chi connectivity index (χ1) is 16.2. The lowest BCUT2D eigenvalue weighted by atomic mass is 10.1.